The number of hydrogen-bond donors (Lipinski definition) is 3. The van der Waals surface area contributed by atoms with Gasteiger partial charge in [0, 0.05) is 11.7 Å². The SMILES string of the molecule is CC(C)(C)OC(=O)Nc1cccc(C(=O)OCC(=O)NC(=O)NC2CCCC2)c1. The van der Waals surface area contributed by atoms with E-state index in [1.54, 1.807) is 32.9 Å². The summed E-state index contributed by atoms with van der Waals surface area (Å²) in [7, 11) is 0. The summed E-state index contributed by atoms with van der Waals surface area (Å²) in [6.07, 6.45) is 3.24. The highest BCUT2D eigenvalue weighted by Gasteiger charge is 2.19. The number of urea groups is 1. The first-order valence-electron chi connectivity index (χ1n) is 9.50. The standard InChI is InChI=1S/C20H27N3O6/c1-20(2,3)29-19(27)22-15-10-6-7-13(11-15)17(25)28-12-16(24)23-18(26)21-14-8-4-5-9-14/h6-7,10-11,14H,4-5,8-9,12H2,1-3H3,(H,22,27)(H2,21,23,24,26). The van der Waals surface area contributed by atoms with E-state index >= 15 is 0 Å². The normalized spacial score (nSPS) is 14.0. The minimum absolute atomic E-state index is 0.0746. The van der Waals surface area contributed by atoms with Crippen molar-refractivity contribution in [3.8, 4) is 0 Å². The Bertz CT molecular complexity index is 766. The maximum Gasteiger partial charge on any atom is 0.412 e. The van der Waals surface area contributed by atoms with E-state index in [4.69, 9.17) is 9.47 Å². The highest BCUT2D eigenvalue weighted by Crippen LogP contribution is 2.17. The predicted molar refractivity (Wildman–Crippen MR) is 106 cm³/mol. The quantitative estimate of drug-likeness (QED) is 0.647. The first-order valence-corrected chi connectivity index (χ1v) is 9.50. The van der Waals surface area contributed by atoms with Gasteiger partial charge in [-0.1, -0.05) is 18.9 Å². The van der Waals surface area contributed by atoms with E-state index in [0.717, 1.165) is 25.7 Å². The molecule has 0 aromatic heterocycles. The Kier molecular flexibility index (Phi) is 7.58. The molecular formula is C20H27N3O6. The second-order valence-corrected chi connectivity index (χ2v) is 7.79. The highest BCUT2D eigenvalue weighted by atomic mass is 16.6. The Morgan fingerprint density at radius 3 is 2.45 bits per heavy atom. The van der Waals surface area contributed by atoms with Crippen molar-refractivity contribution < 1.29 is 28.7 Å². The molecular weight excluding hydrogens is 378 g/mol. The van der Waals surface area contributed by atoms with Crippen molar-refractivity contribution in [2.75, 3.05) is 11.9 Å². The minimum atomic E-state index is -0.760. The number of ether oxygens (including phenoxy) is 2. The van der Waals surface area contributed by atoms with E-state index in [0.29, 0.717) is 5.69 Å². The minimum Gasteiger partial charge on any atom is -0.452 e. The number of esters is 1. The molecule has 158 valence electrons. The molecule has 0 heterocycles. The van der Waals surface area contributed by atoms with Crippen molar-refractivity contribution in [1.29, 1.82) is 0 Å². The zero-order chi connectivity index (χ0) is 21.4. The van der Waals surface area contributed by atoms with Crippen LogP contribution in [0, 0.1) is 0 Å². The molecule has 1 fully saturated rings. The largest absolute Gasteiger partial charge is 0.452 e. The molecule has 9 nitrogen and oxygen atoms in total. The number of anilines is 1. The van der Waals surface area contributed by atoms with Crippen molar-refractivity contribution in [1.82, 2.24) is 10.6 Å². The molecule has 1 aliphatic rings. The Morgan fingerprint density at radius 1 is 1.10 bits per heavy atom. The van der Waals surface area contributed by atoms with Crippen LogP contribution in [0.3, 0.4) is 0 Å². The van der Waals surface area contributed by atoms with Gasteiger partial charge in [0.2, 0.25) is 0 Å². The van der Waals surface area contributed by atoms with Gasteiger partial charge >= 0.3 is 18.1 Å². The van der Waals surface area contributed by atoms with E-state index in [2.05, 4.69) is 16.0 Å². The van der Waals surface area contributed by atoms with Crippen molar-refractivity contribution in [3.63, 3.8) is 0 Å². The van der Waals surface area contributed by atoms with E-state index in [1.165, 1.54) is 12.1 Å². The van der Waals surface area contributed by atoms with Crippen LogP contribution in [0.15, 0.2) is 24.3 Å². The van der Waals surface area contributed by atoms with E-state index in [9.17, 15) is 19.2 Å². The molecule has 0 radical (unpaired) electrons. The summed E-state index contributed by atoms with van der Waals surface area (Å²) in [5.41, 5.74) is -0.172. The van der Waals surface area contributed by atoms with Crippen molar-refractivity contribution in [2.45, 2.75) is 58.1 Å². The number of imide groups is 1. The fourth-order valence-corrected chi connectivity index (χ4v) is 2.81. The van der Waals surface area contributed by atoms with Gasteiger partial charge in [0.25, 0.3) is 5.91 Å². The third-order valence-corrected chi connectivity index (χ3v) is 4.02. The van der Waals surface area contributed by atoms with Gasteiger partial charge in [0.15, 0.2) is 6.61 Å². The number of hydrogen-bond acceptors (Lipinski definition) is 6. The van der Waals surface area contributed by atoms with Crippen LogP contribution >= 0.6 is 0 Å². The van der Waals surface area contributed by atoms with Gasteiger partial charge in [-0.3, -0.25) is 15.4 Å². The number of rotatable bonds is 5. The van der Waals surface area contributed by atoms with Crippen LogP contribution in [0.5, 0.6) is 0 Å². The molecule has 0 atom stereocenters. The number of amides is 4. The smallest absolute Gasteiger partial charge is 0.412 e. The zero-order valence-corrected chi connectivity index (χ0v) is 16.9. The predicted octanol–water partition coefficient (Wildman–Crippen LogP) is 2.96. The number of carbonyl (C=O) groups is 4. The van der Waals surface area contributed by atoms with E-state index in [-0.39, 0.29) is 11.6 Å². The molecule has 0 bridgehead atoms. The molecule has 29 heavy (non-hydrogen) atoms. The van der Waals surface area contributed by atoms with Gasteiger partial charge in [-0.2, -0.15) is 0 Å². The van der Waals surface area contributed by atoms with Gasteiger partial charge in [0.05, 0.1) is 5.56 Å². The first-order chi connectivity index (χ1) is 13.6. The summed E-state index contributed by atoms with van der Waals surface area (Å²) in [6.45, 7) is 4.61. The van der Waals surface area contributed by atoms with Gasteiger partial charge in [0.1, 0.15) is 5.60 Å². The number of carbonyl (C=O) groups excluding carboxylic acids is 4. The molecule has 4 amide bonds. The molecule has 1 aromatic rings. The van der Waals surface area contributed by atoms with Gasteiger partial charge < -0.3 is 14.8 Å². The maximum atomic E-state index is 12.1. The van der Waals surface area contributed by atoms with E-state index in [1.807, 2.05) is 0 Å². The number of nitrogens with one attached hydrogen (secondary N) is 3. The van der Waals surface area contributed by atoms with Gasteiger partial charge in [-0.25, -0.2) is 14.4 Å². The maximum absolute atomic E-state index is 12.1. The average Bonchev–Trinajstić information content (AvgIpc) is 3.10. The lowest BCUT2D eigenvalue weighted by Crippen LogP contribution is -2.44. The topological polar surface area (TPSA) is 123 Å². The Balaban J connectivity index is 1.80. The first kappa shape index (κ1) is 22.2. The summed E-state index contributed by atoms with van der Waals surface area (Å²) in [5.74, 6) is -1.49. The van der Waals surface area contributed by atoms with E-state index < -0.39 is 36.2 Å². The van der Waals surface area contributed by atoms with Crippen LogP contribution in [-0.4, -0.2) is 42.3 Å². The fraction of sp³-hybridized carbons (Fsp3) is 0.500. The van der Waals surface area contributed by atoms with Crippen molar-refractivity contribution in [3.05, 3.63) is 29.8 Å². The molecule has 1 aliphatic carbocycles. The Labute approximate surface area is 169 Å². The third-order valence-electron chi connectivity index (χ3n) is 4.02. The molecule has 0 aliphatic heterocycles. The lowest BCUT2D eigenvalue weighted by atomic mass is 10.2. The summed E-state index contributed by atoms with van der Waals surface area (Å²) in [5, 5.41) is 7.36. The van der Waals surface area contributed by atoms with Crippen LogP contribution in [0.1, 0.15) is 56.8 Å². The van der Waals surface area contributed by atoms with Crippen LogP contribution < -0.4 is 16.0 Å². The summed E-state index contributed by atoms with van der Waals surface area (Å²) < 4.78 is 10.1. The average molecular weight is 405 g/mol. The monoisotopic (exact) mass is 405 g/mol. The van der Waals surface area contributed by atoms with Crippen molar-refractivity contribution >= 4 is 29.7 Å². The van der Waals surface area contributed by atoms with Crippen LogP contribution in [-0.2, 0) is 14.3 Å². The summed E-state index contributed by atoms with van der Waals surface area (Å²) in [4.78, 5) is 47.5. The second kappa shape index (κ2) is 9.90. The molecule has 1 aromatic carbocycles. The molecule has 0 saturated heterocycles. The van der Waals surface area contributed by atoms with Gasteiger partial charge in [-0.05, 0) is 51.8 Å². The van der Waals surface area contributed by atoms with Crippen LogP contribution in [0.4, 0.5) is 15.3 Å². The third kappa shape index (κ3) is 8.20. The zero-order valence-electron chi connectivity index (χ0n) is 16.9. The molecule has 0 unspecified atom stereocenters. The second-order valence-electron chi connectivity index (χ2n) is 7.79. The lowest BCUT2D eigenvalue weighted by Gasteiger charge is -2.19. The molecule has 3 N–H and O–H groups in total. The fourth-order valence-electron chi connectivity index (χ4n) is 2.81. The van der Waals surface area contributed by atoms with Gasteiger partial charge in [-0.15, -0.1) is 0 Å². The Morgan fingerprint density at radius 2 is 1.79 bits per heavy atom. The molecule has 9 heteroatoms. The highest BCUT2D eigenvalue weighted by molar-refractivity contribution is 5.97. The summed E-state index contributed by atoms with van der Waals surface area (Å²) >= 11 is 0. The lowest BCUT2D eigenvalue weighted by molar-refractivity contribution is -0.123. The number of benzene rings is 1. The molecule has 1 saturated carbocycles. The Hall–Kier alpha value is -3.10. The molecule has 2 rings (SSSR count). The molecule has 0 spiro atoms. The van der Waals surface area contributed by atoms with Crippen LogP contribution in [0.2, 0.25) is 0 Å². The van der Waals surface area contributed by atoms with Crippen LogP contribution in [0.25, 0.3) is 0 Å². The van der Waals surface area contributed by atoms with Crippen molar-refractivity contribution in [2.24, 2.45) is 0 Å². The summed E-state index contributed by atoms with van der Waals surface area (Å²) in [6, 6.07) is 5.50.